The lowest BCUT2D eigenvalue weighted by molar-refractivity contribution is -0.138. The second kappa shape index (κ2) is 8.71. The van der Waals surface area contributed by atoms with Crippen LogP contribution in [0.4, 0.5) is 37.7 Å². The summed E-state index contributed by atoms with van der Waals surface area (Å²) in [5, 5.41) is 8.53. The molecule has 2 rings (SSSR count). The quantitative estimate of drug-likeness (QED) is 0.381. The zero-order valence-corrected chi connectivity index (χ0v) is 14.6. The van der Waals surface area contributed by atoms with Crippen LogP contribution in [0, 0.1) is 0 Å². The highest BCUT2D eigenvalue weighted by atomic mass is 19.4. The Bertz CT molecular complexity index is 910. The molecule has 2 aromatic rings. The van der Waals surface area contributed by atoms with Gasteiger partial charge in [-0.2, -0.15) is 26.3 Å². The predicted octanol–water partition coefficient (Wildman–Crippen LogP) is 4.06. The summed E-state index contributed by atoms with van der Waals surface area (Å²) in [4.78, 5) is 21.6. The summed E-state index contributed by atoms with van der Waals surface area (Å²) < 4.78 is 78.4. The number of hydrogen-bond donors (Lipinski definition) is 3. The van der Waals surface area contributed by atoms with Gasteiger partial charge in [0.1, 0.15) is 0 Å². The van der Waals surface area contributed by atoms with Crippen molar-refractivity contribution in [3.8, 4) is 0 Å². The molecule has 0 bridgehead atoms. The van der Waals surface area contributed by atoms with Gasteiger partial charge in [-0.3, -0.25) is 0 Å². The number of nitrogens with two attached hydrogens (primary N) is 2. The normalized spacial score (nSPS) is 11.3. The number of carboxylic acid groups (broad SMARTS) is 1. The Morgan fingerprint density at radius 3 is 1.52 bits per heavy atom. The highest BCUT2D eigenvalue weighted by Crippen LogP contribution is 2.35. The maximum Gasteiger partial charge on any atom is 0.417 e. The van der Waals surface area contributed by atoms with E-state index in [0.717, 1.165) is 31.4 Å². The number of esters is 1. The molecule has 0 unspecified atom stereocenters. The SMILES string of the molecule is COC(=O)c1c(N)cccc1C(F)(F)F.Nc1cccc(C(F)(F)F)c1C(=O)O. The summed E-state index contributed by atoms with van der Waals surface area (Å²) in [7, 11) is 0.995. The number of ether oxygens (including phenoxy) is 1. The maximum absolute atomic E-state index is 12.5. The van der Waals surface area contributed by atoms with E-state index < -0.39 is 52.2 Å². The lowest BCUT2D eigenvalue weighted by atomic mass is 10.1. The van der Waals surface area contributed by atoms with Gasteiger partial charge >= 0.3 is 24.3 Å². The molecule has 6 nitrogen and oxygen atoms in total. The number of hydrogen-bond acceptors (Lipinski definition) is 5. The van der Waals surface area contributed by atoms with Crippen molar-refractivity contribution in [1.29, 1.82) is 0 Å². The molecule has 0 heterocycles. The van der Waals surface area contributed by atoms with Crippen molar-refractivity contribution in [3.63, 3.8) is 0 Å². The molecule has 0 spiro atoms. The van der Waals surface area contributed by atoms with Crippen molar-refractivity contribution in [2.45, 2.75) is 12.4 Å². The second-order valence-electron chi connectivity index (χ2n) is 5.33. The smallest absolute Gasteiger partial charge is 0.417 e. The summed E-state index contributed by atoms with van der Waals surface area (Å²) in [6.45, 7) is 0. The second-order valence-corrected chi connectivity index (χ2v) is 5.33. The van der Waals surface area contributed by atoms with E-state index in [2.05, 4.69) is 4.74 Å². The number of anilines is 2. The monoisotopic (exact) mass is 424 g/mol. The fourth-order valence-electron chi connectivity index (χ4n) is 2.18. The van der Waals surface area contributed by atoms with Crippen LogP contribution in [0.1, 0.15) is 31.8 Å². The number of carbonyl (C=O) groups is 2. The Hall–Kier alpha value is -3.44. The summed E-state index contributed by atoms with van der Waals surface area (Å²) in [5.74, 6) is -2.78. The van der Waals surface area contributed by atoms with Gasteiger partial charge in [0.25, 0.3) is 0 Å². The largest absolute Gasteiger partial charge is 0.478 e. The van der Waals surface area contributed by atoms with E-state index in [9.17, 15) is 35.9 Å². The lowest BCUT2D eigenvalue weighted by Gasteiger charge is -2.12. The summed E-state index contributed by atoms with van der Waals surface area (Å²) >= 11 is 0. The van der Waals surface area contributed by atoms with Crippen LogP contribution >= 0.6 is 0 Å². The van der Waals surface area contributed by atoms with Crippen molar-refractivity contribution in [1.82, 2.24) is 0 Å². The molecule has 0 aliphatic heterocycles. The van der Waals surface area contributed by atoms with Crippen LogP contribution in [0.5, 0.6) is 0 Å². The van der Waals surface area contributed by atoms with Crippen LogP contribution in [-0.4, -0.2) is 24.2 Å². The van der Waals surface area contributed by atoms with Crippen molar-refractivity contribution in [3.05, 3.63) is 58.7 Å². The van der Waals surface area contributed by atoms with Crippen LogP contribution in [-0.2, 0) is 17.1 Å². The third kappa shape index (κ3) is 5.77. The number of rotatable bonds is 2. The molecule has 0 aliphatic rings. The molecule has 0 saturated carbocycles. The van der Waals surface area contributed by atoms with Gasteiger partial charge in [-0.15, -0.1) is 0 Å². The zero-order chi connectivity index (χ0) is 22.6. The van der Waals surface area contributed by atoms with E-state index in [-0.39, 0.29) is 5.69 Å². The van der Waals surface area contributed by atoms with Crippen LogP contribution in [0.25, 0.3) is 0 Å². The Balaban J connectivity index is 0.000000291. The average molecular weight is 424 g/mol. The number of aromatic carboxylic acids is 1. The first-order chi connectivity index (χ1) is 13.2. The van der Waals surface area contributed by atoms with Crippen LogP contribution in [0.15, 0.2) is 36.4 Å². The highest BCUT2D eigenvalue weighted by molar-refractivity contribution is 5.97. The van der Waals surface area contributed by atoms with E-state index in [1.807, 2.05) is 0 Å². The van der Waals surface area contributed by atoms with Gasteiger partial charge in [0, 0.05) is 11.4 Å². The van der Waals surface area contributed by atoms with Gasteiger partial charge in [-0.1, -0.05) is 12.1 Å². The lowest BCUT2D eigenvalue weighted by Crippen LogP contribution is -2.16. The van der Waals surface area contributed by atoms with Crippen molar-refractivity contribution >= 4 is 23.3 Å². The molecule has 0 atom stereocenters. The minimum Gasteiger partial charge on any atom is -0.478 e. The van der Waals surface area contributed by atoms with E-state index in [4.69, 9.17) is 16.6 Å². The Labute approximate surface area is 159 Å². The number of methoxy groups -OCH3 is 1. The number of benzene rings is 2. The van der Waals surface area contributed by atoms with Crippen LogP contribution < -0.4 is 11.5 Å². The van der Waals surface area contributed by atoms with Crippen LogP contribution in [0.2, 0.25) is 0 Å². The number of halogens is 6. The van der Waals surface area contributed by atoms with Crippen molar-refractivity contribution in [2.75, 3.05) is 18.6 Å². The van der Waals surface area contributed by atoms with Gasteiger partial charge in [0.15, 0.2) is 0 Å². The first-order valence-corrected chi connectivity index (χ1v) is 7.44. The molecule has 0 aliphatic carbocycles. The Morgan fingerprint density at radius 2 is 1.21 bits per heavy atom. The molecule has 0 aromatic heterocycles. The summed E-state index contributed by atoms with van der Waals surface area (Å²) in [5.41, 5.74) is 5.91. The third-order valence-electron chi connectivity index (χ3n) is 3.41. The van der Waals surface area contributed by atoms with Crippen LogP contribution in [0.3, 0.4) is 0 Å². The van der Waals surface area contributed by atoms with E-state index in [1.165, 1.54) is 6.07 Å². The van der Waals surface area contributed by atoms with E-state index in [0.29, 0.717) is 6.07 Å². The summed E-state index contributed by atoms with van der Waals surface area (Å²) in [6.07, 6.45) is -9.33. The molecule has 5 N–H and O–H groups in total. The Kier molecular flexibility index (Phi) is 7.09. The molecule has 0 radical (unpaired) electrons. The average Bonchev–Trinajstić information content (AvgIpc) is 2.59. The number of carboxylic acids is 1. The molecule has 0 saturated heterocycles. The molecular formula is C17H14F6N2O4. The summed E-state index contributed by atoms with van der Waals surface area (Å²) in [6, 6.07) is 5.97. The molecule has 158 valence electrons. The van der Waals surface area contributed by atoms with Gasteiger partial charge in [0.05, 0.1) is 29.4 Å². The number of carbonyl (C=O) groups excluding carboxylic acids is 1. The molecule has 0 fully saturated rings. The molecule has 0 amide bonds. The molecule has 29 heavy (non-hydrogen) atoms. The Morgan fingerprint density at radius 1 is 0.828 bits per heavy atom. The first kappa shape index (κ1) is 23.6. The fourth-order valence-corrected chi connectivity index (χ4v) is 2.18. The first-order valence-electron chi connectivity index (χ1n) is 7.44. The standard InChI is InChI=1S/C9H8F3NO2.C8H6F3NO2/c1-15-8(14)7-5(9(10,11)12)3-2-4-6(7)13;9-8(10,11)4-2-1-3-5(12)6(4)7(13)14/h2-4H,13H2,1H3;1-3H,12H2,(H,13,14). The van der Waals surface area contributed by atoms with Gasteiger partial charge in [0.2, 0.25) is 0 Å². The number of nitrogen functional groups attached to an aromatic ring is 2. The van der Waals surface area contributed by atoms with Gasteiger partial charge in [-0.25, -0.2) is 9.59 Å². The molecule has 2 aromatic carbocycles. The minimum absolute atomic E-state index is 0.253. The number of alkyl halides is 6. The molecular weight excluding hydrogens is 410 g/mol. The van der Waals surface area contributed by atoms with E-state index in [1.54, 1.807) is 0 Å². The van der Waals surface area contributed by atoms with Gasteiger partial charge < -0.3 is 21.3 Å². The predicted molar refractivity (Wildman–Crippen MR) is 90.0 cm³/mol. The highest BCUT2D eigenvalue weighted by Gasteiger charge is 2.37. The zero-order valence-electron chi connectivity index (χ0n) is 14.6. The minimum atomic E-state index is -4.71. The van der Waals surface area contributed by atoms with Crippen molar-refractivity contribution < 1.29 is 45.8 Å². The van der Waals surface area contributed by atoms with Crippen molar-refractivity contribution in [2.24, 2.45) is 0 Å². The topological polar surface area (TPSA) is 116 Å². The van der Waals surface area contributed by atoms with E-state index >= 15 is 0 Å². The molecule has 12 heteroatoms. The van der Waals surface area contributed by atoms with Gasteiger partial charge in [-0.05, 0) is 24.3 Å². The maximum atomic E-state index is 12.5. The third-order valence-corrected chi connectivity index (χ3v) is 3.41. The fraction of sp³-hybridized carbons (Fsp3) is 0.176.